The molecule has 0 radical (unpaired) electrons. The van der Waals surface area contributed by atoms with Crippen molar-refractivity contribution in [3.8, 4) is 6.07 Å². The van der Waals surface area contributed by atoms with Gasteiger partial charge in [-0.05, 0) is 45.0 Å². The van der Waals surface area contributed by atoms with Crippen molar-refractivity contribution in [3.05, 3.63) is 29.8 Å². The molecule has 1 amide bonds. The average molecular weight is 290 g/mol. The van der Waals surface area contributed by atoms with E-state index in [1.807, 2.05) is 6.07 Å². The van der Waals surface area contributed by atoms with Crippen LogP contribution >= 0.6 is 0 Å². The van der Waals surface area contributed by atoms with Gasteiger partial charge in [-0.2, -0.15) is 5.26 Å². The number of rotatable bonds is 3. The van der Waals surface area contributed by atoms with Gasteiger partial charge in [0, 0.05) is 5.69 Å². The molecule has 0 saturated carbocycles. The first kappa shape index (κ1) is 16.5. The molecule has 6 heteroatoms. The van der Waals surface area contributed by atoms with E-state index in [4.69, 9.17) is 10.00 Å². The third-order valence-electron chi connectivity index (χ3n) is 2.44. The maximum atomic E-state index is 12.2. The van der Waals surface area contributed by atoms with E-state index in [2.05, 4.69) is 4.74 Å². The number of anilines is 1. The fourth-order valence-electron chi connectivity index (χ4n) is 1.49. The van der Waals surface area contributed by atoms with Crippen LogP contribution in [0.5, 0.6) is 0 Å². The first-order chi connectivity index (χ1) is 9.76. The highest BCUT2D eigenvalue weighted by Crippen LogP contribution is 2.19. The van der Waals surface area contributed by atoms with E-state index in [-0.39, 0.29) is 6.54 Å². The summed E-state index contributed by atoms with van der Waals surface area (Å²) >= 11 is 0. The number of ether oxygens (including phenoxy) is 2. The number of nitrogens with zero attached hydrogens (tertiary/aromatic N) is 2. The Hall–Kier alpha value is -2.55. The second-order valence-corrected chi connectivity index (χ2v) is 5.30. The van der Waals surface area contributed by atoms with Gasteiger partial charge in [0.25, 0.3) is 0 Å². The Morgan fingerprint density at radius 1 is 1.24 bits per heavy atom. The summed E-state index contributed by atoms with van der Waals surface area (Å²) in [4.78, 5) is 24.8. The van der Waals surface area contributed by atoms with E-state index in [9.17, 15) is 9.59 Å². The summed E-state index contributed by atoms with van der Waals surface area (Å²) < 4.78 is 9.86. The molecule has 0 atom stereocenters. The second-order valence-electron chi connectivity index (χ2n) is 5.30. The zero-order chi connectivity index (χ0) is 16.0. The molecule has 1 aromatic carbocycles. The van der Waals surface area contributed by atoms with E-state index in [1.165, 1.54) is 7.11 Å². The van der Waals surface area contributed by atoms with Crippen LogP contribution in [0.4, 0.5) is 10.5 Å². The van der Waals surface area contributed by atoms with Crippen LogP contribution in [0.25, 0.3) is 0 Å². The van der Waals surface area contributed by atoms with Crippen LogP contribution in [0, 0.1) is 11.3 Å². The molecule has 1 aromatic rings. The molecule has 21 heavy (non-hydrogen) atoms. The van der Waals surface area contributed by atoms with Crippen molar-refractivity contribution in [1.29, 1.82) is 5.26 Å². The molecular weight excluding hydrogens is 272 g/mol. The first-order valence-electron chi connectivity index (χ1n) is 6.34. The summed E-state index contributed by atoms with van der Waals surface area (Å²) in [6.07, 6.45) is -0.655. The number of methoxy groups -OCH3 is 1. The standard InChI is InChI=1S/C15H18N2O4/c1-15(2,3)21-14(19)17(10-13(18)20-4)12-7-5-11(9-16)6-8-12/h5-8H,10H2,1-4H3. The highest BCUT2D eigenvalue weighted by atomic mass is 16.6. The Bertz CT molecular complexity index is 553. The van der Waals surface area contributed by atoms with Crippen molar-refractivity contribution in [1.82, 2.24) is 0 Å². The van der Waals surface area contributed by atoms with Gasteiger partial charge in [0.05, 0.1) is 18.7 Å². The molecule has 0 aliphatic carbocycles. The van der Waals surface area contributed by atoms with Crippen molar-refractivity contribution in [2.75, 3.05) is 18.6 Å². The summed E-state index contributed by atoms with van der Waals surface area (Å²) in [6.45, 7) is 4.94. The largest absolute Gasteiger partial charge is 0.468 e. The summed E-state index contributed by atoms with van der Waals surface area (Å²) in [6, 6.07) is 8.25. The Kier molecular flexibility index (Phi) is 5.30. The molecule has 112 valence electrons. The molecule has 0 saturated heterocycles. The van der Waals surface area contributed by atoms with Crippen molar-refractivity contribution >= 4 is 17.7 Å². The van der Waals surface area contributed by atoms with Crippen LogP contribution in [-0.4, -0.2) is 31.3 Å². The van der Waals surface area contributed by atoms with Crippen LogP contribution in [0.1, 0.15) is 26.3 Å². The van der Waals surface area contributed by atoms with Crippen molar-refractivity contribution in [2.45, 2.75) is 26.4 Å². The second kappa shape index (κ2) is 6.75. The minimum atomic E-state index is -0.682. The van der Waals surface area contributed by atoms with E-state index >= 15 is 0 Å². The van der Waals surface area contributed by atoms with Crippen molar-refractivity contribution in [3.63, 3.8) is 0 Å². The molecule has 0 unspecified atom stereocenters. The van der Waals surface area contributed by atoms with Gasteiger partial charge in [0.2, 0.25) is 0 Å². The lowest BCUT2D eigenvalue weighted by atomic mass is 10.2. The Morgan fingerprint density at radius 3 is 2.24 bits per heavy atom. The van der Waals surface area contributed by atoms with Gasteiger partial charge in [0.15, 0.2) is 0 Å². The van der Waals surface area contributed by atoms with Gasteiger partial charge in [-0.1, -0.05) is 0 Å². The number of hydrogen-bond acceptors (Lipinski definition) is 5. The number of hydrogen-bond donors (Lipinski definition) is 0. The lowest BCUT2D eigenvalue weighted by Crippen LogP contribution is -2.40. The smallest absolute Gasteiger partial charge is 0.415 e. The van der Waals surface area contributed by atoms with Crippen LogP contribution in [0.15, 0.2) is 24.3 Å². The summed E-state index contributed by atoms with van der Waals surface area (Å²) in [5, 5.41) is 8.78. The third-order valence-corrected chi connectivity index (χ3v) is 2.44. The number of amides is 1. The van der Waals surface area contributed by atoms with Gasteiger partial charge in [0.1, 0.15) is 12.1 Å². The SMILES string of the molecule is COC(=O)CN(C(=O)OC(C)(C)C)c1ccc(C#N)cc1. The fraction of sp³-hybridized carbons (Fsp3) is 0.400. The van der Waals surface area contributed by atoms with E-state index in [0.717, 1.165) is 4.90 Å². The van der Waals surface area contributed by atoms with Gasteiger partial charge in [-0.15, -0.1) is 0 Å². The molecule has 0 heterocycles. The first-order valence-corrected chi connectivity index (χ1v) is 6.34. The van der Waals surface area contributed by atoms with Crippen LogP contribution < -0.4 is 4.90 Å². The summed E-state index contributed by atoms with van der Waals surface area (Å²) in [5.74, 6) is -0.565. The molecule has 0 bridgehead atoms. The molecule has 0 fully saturated rings. The van der Waals surface area contributed by atoms with E-state index < -0.39 is 17.7 Å². The zero-order valence-corrected chi connectivity index (χ0v) is 12.5. The number of benzene rings is 1. The topological polar surface area (TPSA) is 79.6 Å². The van der Waals surface area contributed by atoms with Crippen molar-refractivity contribution < 1.29 is 19.1 Å². The van der Waals surface area contributed by atoms with Crippen LogP contribution in [-0.2, 0) is 14.3 Å². The predicted molar refractivity (Wildman–Crippen MR) is 76.8 cm³/mol. The molecule has 0 aliphatic rings. The Balaban J connectivity index is 3.03. The van der Waals surface area contributed by atoms with Crippen LogP contribution in [0.2, 0.25) is 0 Å². The van der Waals surface area contributed by atoms with Gasteiger partial charge in [-0.3, -0.25) is 9.69 Å². The number of esters is 1. The molecule has 0 N–H and O–H groups in total. The molecule has 6 nitrogen and oxygen atoms in total. The fourth-order valence-corrected chi connectivity index (χ4v) is 1.49. The molecule has 1 rings (SSSR count). The normalized spacial score (nSPS) is 10.4. The van der Waals surface area contributed by atoms with Gasteiger partial charge in [-0.25, -0.2) is 4.79 Å². The minimum absolute atomic E-state index is 0.267. The van der Waals surface area contributed by atoms with Gasteiger partial charge >= 0.3 is 12.1 Å². The molecular formula is C15H18N2O4. The highest BCUT2D eigenvalue weighted by molar-refractivity contribution is 5.93. The maximum absolute atomic E-state index is 12.2. The summed E-state index contributed by atoms with van der Waals surface area (Å²) in [7, 11) is 1.24. The summed E-state index contributed by atoms with van der Waals surface area (Å²) in [5.41, 5.74) is 0.229. The number of carbonyl (C=O) groups is 2. The van der Waals surface area contributed by atoms with Crippen molar-refractivity contribution in [2.24, 2.45) is 0 Å². The van der Waals surface area contributed by atoms with Gasteiger partial charge < -0.3 is 9.47 Å². The predicted octanol–water partition coefficient (Wildman–Crippen LogP) is 2.47. The van der Waals surface area contributed by atoms with E-state index in [1.54, 1.807) is 45.0 Å². The lowest BCUT2D eigenvalue weighted by molar-refractivity contribution is -0.139. The molecule has 0 aromatic heterocycles. The maximum Gasteiger partial charge on any atom is 0.415 e. The molecule has 0 aliphatic heterocycles. The molecule has 0 spiro atoms. The third kappa shape index (κ3) is 5.15. The monoisotopic (exact) mass is 290 g/mol. The number of carbonyl (C=O) groups excluding carboxylic acids is 2. The van der Waals surface area contributed by atoms with Crippen LogP contribution in [0.3, 0.4) is 0 Å². The zero-order valence-electron chi connectivity index (χ0n) is 12.5. The average Bonchev–Trinajstić information content (AvgIpc) is 2.42. The lowest BCUT2D eigenvalue weighted by Gasteiger charge is -2.26. The quantitative estimate of drug-likeness (QED) is 0.799. The Morgan fingerprint density at radius 2 is 1.81 bits per heavy atom. The minimum Gasteiger partial charge on any atom is -0.468 e. The van der Waals surface area contributed by atoms with E-state index in [0.29, 0.717) is 11.3 Å². The Labute approximate surface area is 123 Å². The highest BCUT2D eigenvalue weighted by Gasteiger charge is 2.25. The number of nitriles is 1.